The van der Waals surface area contributed by atoms with E-state index in [1.54, 1.807) is 7.11 Å². The predicted octanol–water partition coefficient (Wildman–Crippen LogP) is 3.84. The molecular weight excluding hydrogens is 354 g/mol. The minimum atomic E-state index is 0.0937. The van der Waals surface area contributed by atoms with Crippen LogP contribution in [0.3, 0.4) is 0 Å². The Labute approximate surface area is 164 Å². The van der Waals surface area contributed by atoms with Gasteiger partial charge < -0.3 is 9.26 Å². The van der Waals surface area contributed by atoms with Gasteiger partial charge in [0.15, 0.2) is 5.78 Å². The summed E-state index contributed by atoms with van der Waals surface area (Å²) in [6.07, 6.45) is 1.71. The number of aromatic nitrogens is 2. The molecular formula is C22H23N3O3. The van der Waals surface area contributed by atoms with Gasteiger partial charge in [0.25, 0.3) is 0 Å². The van der Waals surface area contributed by atoms with Gasteiger partial charge >= 0.3 is 0 Å². The number of benzene rings is 2. The van der Waals surface area contributed by atoms with Crippen LogP contribution in [0.5, 0.6) is 5.75 Å². The molecule has 0 aliphatic carbocycles. The van der Waals surface area contributed by atoms with E-state index >= 15 is 0 Å². The smallest absolute Gasteiger partial charge is 0.241 e. The van der Waals surface area contributed by atoms with Crippen LogP contribution in [0.15, 0.2) is 59.1 Å². The summed E-state index contributed by atoms with van der Waals surface area (Å²) in [6, 6.07) is 17.1. The summed E-state index contributed by atoms with van der Waals surface area (Å²) in [5, 5.41) is 4.08. The van der Waals surface area contributed by atoms with Crippen molar-refractivity contribution in [2.75, 3.05) is 20.2 Å². The number of hydrogen-bond acceptors (Lipinski definition) is 6. The van der Waals surface area contributed by atoms with Gasteiger partial charge in [-0.25, -0.2) is 0 Å². The molecule has 4 rings (SSSR count). The second-order valence-corrected chi connectivity index (χ2v) is 7.02. The van der Waals surface area contributed by atoms with Gasteiger partial charge in [-0.15, -0.1) is 0 Å². The van der Waals surface area contributed by atoms with Crippen LogP contribution in [0.1, 0.15) is 29.1 Å². The predicted molar refractivity (Wildman–Crippen MR) is 105 cm³/mol. The summed E-state index contributed by atoms with van der Waals surface area (Å²) in [7, 11) is 1.64. The normalized spacial score (nSPS) is 15.5. The van der Waals surface area contributed by atoms with E-state index in [1.165, 1.54) is 0 Å². The summed E-state index contributed by atoms with van der Waals surface area (Å²) in [4.78, 5) is 19.4. The van der Waals surface area contributed by atoms with Crippen molar-refractivity contribution in [2.24, 2.45) is 5.92 Å². The van der Waals surface area contributed by atoms with Crippen molar-refractivity contribution in [3.8, 4) is 17.1 Å². The number of ketones is 1. The lowest BCUT2D eigenvalue weighted by molar-refractivity contribution is 0.0825. The van der Waals surface area contributed by atoms with Gasteiger partial charge in [0, 0.05) is 17.0 Å². The highest BCUT2D eigenvalue weighted by molar-refractivity contribution is 5.97. The maximum Gasteiger partial charge on any atom is 0.241 e. The van der Waals surface area contributed by atoms with E-state index in [0.717, 1.165) is 42.8 Å². The Morgan fingerprint density at radius 2 is 1.82 bits per heavy atom. The quantitative estimate of drug-likeness (QED) is 0.608. The first kappa shape index (κ1) is 18.4. The number of hydrogen-bond donors (Lipinski definition) is 0. The highest BCUT2D eigenvalue weighted by Crippen LogP contribution is 2.24. The Bertz CT molecular complexity index is 914. The number of methoxy groups -OCH3 is 1. The lowest BCUT2D eigenvalue weighted by atomic mass is 9.89. The van der Waals surface area contributed by atoms with Crippen molar-refractivity contribution < 1.29 is 14.1 Å². The number of nitrogens with zero attached hydrogens (tertiary/aromatic N) is 3. The molecule has 6 nitrogen and oxygen atoms in total. The summed E-state index contributed by atoms with van der Waals surface area (Å²) < 4.78 is 10.6. The molecule has 2 aromatic carbocycles. The van der Waals surface area contributed by atoms with Gasteiger partial charge in [-0.3, -0.25) is 9.69 Å². The molecule has 6 heteroatoms. The first-order valence-electron chi connectivity index (χ1n) is 9.51. The molecule has 0 atom stereocenters. The van der Waals surface area contributed by atoms with Crippen molar-refractivity contribution >= 4 is 5.78 Å². The van der Waals surface area contributed by atoms with E-state index in [2.05, 4.69) is 15.0 Å². The van der Waals surface area contributed by atoms with Gasteiger partial charge in [-0.05, 0) is 50.2 Å². The van der Waals surface area contributed by atoms with E-state index in [9.17, 15) is 4.79 Å². The second-order valence-electron chi connectivity index (χ2n) is 7.02. The Morgan fingerprint density at radius 1 is 1.11 bits per heavy atom. The maximum atomic E-state index is 12.6. The number of carbonyl (C=O) groups excluding carboxylic acids is 1. The van der Waals surface area contributed by atoms with Gasteiger partial charge in [-0.1, -0.05) is 35.5 Å². The lowest BCUT2D eigenvalue weighted by Crippen LogP contribution is -2.36. The summed E-state index contributed by atoms with van der Waals surface area (Å²) >= 11 is 0. The molecule has 0 unspecified atom stereocenters. The van der Waals surface area contributed by atoms with Crippen molar-refractivity contribution in [2.45, 2.75) is 19.4 Å². The Kier molecular flexibility index (Phi) is 5.48. The molecule has 0 saturated carbocycles. The van der Waals surface area contributed by atoms with Crippen molar-refractivity contribution in [1.82, 2.24) is 15.0 Å². The van der Waals surface area contributed by atoms with Crippen LogP contribution in [0.25, 0.3) is 11.4 Å². The molecule has 1 fully saturated rings. The Morgan fingerprint density at radius 3 is 2.50 bits per heavy atom. The average molecular weight is 377 g/mol. The van der Waals surface area contributed by atoms with Gasteiger partial charge in [0.2, 0.25) is 11.7 Å². The molecule has 1 aliphatic heterocycles. The topological polar surface area (TPSA) is 68.5 Å². The van der Waals surface area contributed by atoms with Crippen LogP contribution in [-0.2, 0) is 6.54 Å². The molecule has 0 amide bonds. The Hall–Kier alpha value is -2.99. The number of carbonyl (C=O) groups is 1. The van der Waals surface area contributed by atoms with Crippen LogP contribution in [0, 0.1) is 5.92 Å². The molecule has 144 valence electrons. The third-order valence-corrected chi connectivity index (χ3v) is 5.19. The SMILES string of the molecule is COc1ccc(-c2noc(CN3CCC(C(=O)c4ccccc4)CC3)n2)cc1. The van der Waals surface area contributed by atoms with Crippen LogP contribution in [0.4, 0.5) is 0 Å². The Balaban J connectivity index is 1.32. The molecule has 3 aromatic rings. The number of piperidine rings is 1. The molecule has 2 heterocycles. The van der Waals surface area contributed by atoms with E-state index in [4.69, 9.17) is 9.26 Å². The molecule has 1 aromatic heterocycles. The van der Waals surface area contributed by atoms with E-state index in [0.29, 0.717) is 18.3 Å². The fraction of sp³-hybridized carbons (Fsp3) is 0.318. The average Bonchev–Trinajstić information content (AvgIpc) is 3.23. The third-order valence-electron chi connectivity index (χ3n) is 5.19. The molecule has 1 saturated heterocycles. The lowest BCUT2D eigenvalue weighted by Gasteiger charge is -2.30. The van der Waals surface area contributed by atoms with Gasteiger partial charge in [-0.2, -0.15) is 4.98 Å². The zero-order valence-corrected chi connectivity index (χ0v) is 15.9. The fourth-order valence-electron chi connectivity index (χ4n) is 3.56. The molecule has 0 N–H and O–H groups in total. The largest absolute Gasteiger partial charge is 0.497 e. The minimum Gasteiger partial charge on any atom is -0.497 e. The molecule has 0 bridgehead atoms. The zero-order valence-electron chi connectivity index (χ0n) is 15.9. The number of Topliss-reactive ketones (excluding diaryl/α,β-unsaturated/α-hetero) is 1. The first-order chi connectivity index (χ1) is 13.7. The van der Waals surface area contributed by atoms with Gasteiger partial charge in [0.1, 0.15) is 5.75 Å². The number of likely N-dealkylation sites (tertiary alicyclic amines) is 1. The summed E-state index contributed by atoms with van der Waals surface area (Å²) in [6.45, 7) is 2.31. The fourth-order valence-corrected chi connectivity index (χ4v) is 3.56. The highest BCUT2D eigenvalue weighted by atomic mass is 16.5. The first-order valence-corrected chi connectivity index (χ1v) is 9.51. The maximum absolute atomic E-state index is 12.6. The van der Waals surface area contributed by atoms with Crippen LogP contribution >= 0.6 is 0 Å². The minimum absolute atomic E-state index is 0.0937. The van der Waals surface area contributed by atoms with E-state index in [1.807, 2.05) is 54.6 Å². The van der Waals surface area contributed by atoms with E-state index in [-0.39, 0.29) is 11.7 Å². The van der Waals surface area contributed by atoms with E-state index < -0.39 is 0 Å². The van der Waals surface area contributed by atoms with Crippen molar-refractivity contribution in [3.63, 3.8) is 0 Å². The molecule has 28 heavy (non-hydrogen) atoms. The third kappa shape index (κ3) is 4.12. The van der Waals surface area contributed by atoms with Crippen molar-refractivity contribution in [1.29, 1.82) is 0 Å². The molecule has 0 spiro atoms. The summed E-state index contributed by atoms with van der Waals surface area (Å²) in [5.41, 5.74) is 1.70. The second kappa shape index (κ2) is 8.35. The zero-order chi connectivity index (χ0) is 19.3. The molecule has 1 aliphatic rings. The monoisotopic (exact) mass is 377 g/mol. The van der Waals surface area contributed by atoms with Crippen LogP contribution < -0.4 is 4.74 Å². The number of rotatable bonds is 6. The summed E-state index contributed by atoms with van der Waals surface area (Å²) in [5.74, 6) is 2.31. The van der Waals surface area contributed by atoms with Crippen LogP contribution in [0.2, 0.25) is 0 Å². The molecule has 0 radical (unpaired) electrons. The standard InChI is InChI=1S/C22H23N3O3/c1-27-19-9-7-18(8-10-19)22-23-20(28-24-22)15-25-13-11-17(12-14-25)21(26)16-5-3-2-4-6-16/h2-10,17H,11-15H2,1H3. The van der Waals surface area contributed by atoms with Crippen LogP contribution in [-0.4, -0.2) is 41.0 Å². The highest BCUT2D eigenvalue weighted by Gasteiger charge is 2.26. The number of ether oxygens (including phenoxy) is 1. The van der Waals surface area contributed by atoms with Crippen molar-refractivity contribution in [3.05, 3.63) is 66.1 Å². The van der Waals surface area contributed by atoms with Gasteiger partial charge in [0.05, 0.1) is 13.7 Å².